The highest BCUT2D eigenvalue weighted by molar-refractivity contribution is 7.89. The van der Waals surface area contributed by atoms with Gasteiger partial charge in [0.1, 0.15) is 4.90 Å². The molecule has 1 aromatic rings. The molecule has 1 aromatic carbocycles. The van der Waals surface area contributed by atoms with Gasteiger partial charge < -0.3 is 5.32 Å². The highest BCUT2D eigenvalue weighted by Crippen LogP contribution is 2.22. The molecule has 0 saturated carbocycles. The molecule has 0 fully saturated rings. The Bertz CT molecular complexity index is 632. The van der Waals surface area contributed by atoms with Crippen LogP contribution < -0.4 is 10.5 Å². The SMILES string of the molecule is NS(=O)(=O)c1cc(C(=O)NCCCC(F)(F)F)ccc1Cl. The number of alkyl halides is 3. The van der Waals surface area contributed by atoms with Crippen LogP contribution in [0.5, 0.6) is 0 Å². The number of primary sulfonamides is 1. The van der Waals surface area contributed by atoms with Gasteiger partial charge in [0.25, 0.3) is 5.91 Å². The topological polar surface area (TPSA) is 89.3 Å². The number of hydrogen-bond acceptors (Lipinski definition) is 3. The lowest BCUT2D eigenvalue weighted by atomic mass is 10.2. The maximum absolute atomic E-state index is 11.9. The van der Waals surface area contributed by atoms with E-state index in [4.69, 9.17) is 16.7 Å². The maximum atomic E-state index is 11.9. The summed E-state index contributed by atoms with van der Waals surface area (Å²) in [5, 5.41) is 7.03. The minimum Gasteiger partial charge on any atom is -0.352 e. The van der Waals surface area contributed by atoms with Crippen LogP contribution in [-0.2, 0) is 10.0 Å². The molecule has 0 aromatic heterocycles. The number of carbonyl (C=O) groups excluding carboxylic acids is 1. The Morgan fingerprint density at radius 3 is 2.48 bits per heavy atom. The van der Waals surface area contributed by atoms with Crippen molar-refractivity contribution in [3.8, 4) is 0 Å². The van der Waals surface area contributed by atoms with Gasteiger partial charge in [0, 0.05) is 18.5 Å². The van der Waals surface area contributed by atoms with Crippen molar-refractivity contribution in [2.24, 2.45) is 5.14 Å². The van der Waals surface area contributed by atoms with Crippen molar-refractivity contribution in [3.63, 3.8) is 0 Å². The van der Waals surface area contributed by atoms with E-state index in [1.54, 1.807) is 0 Å². The molecule has 0 aliphatic heterocycles. The Balaban J connectivity index is 2.72. The summed E-state index contributed by atoms with van der Waals surface area (Å²) in [7, 11) is -4.09. The first kappa shape index (κ1) is 17.7. The zero-order valence-electron chi connectivity index (χ0n) is 10.6. The first-order chi connectivity index (χ1) is 9.50. The molecule has 21 heavy (non-hydrogen) atoms. The predicted octanol–water partition coefficient (Wildman–Crippen LogP) is 2.06. The van der Waals surface area contributed by atoms with E-state index in [1.165, 1.54) is 12.1 Å². The van der Waals surface area contributed by atoms with Crippen LogP contribution in [0.15, 0.2) is 23.1 Å². The lowest BCUT2D eigenvalue weighted by molar-refractivity contribution is -0.135. The molecule has 1 amide bonds. The Kier molecular flexibility index (Phi) is 5.60. The number of halogens is 4. The maximum Gasteiger partial charge on any atom is 0.389 e. The van der Waals surface area contributed by atoms with Gasteiger partial charge >= 0.3 is 6.18 Å². The lowest BCUT2D eigenvalue weighted by Gasteiger charge is -2.09. The second-order valence-corrected chi connectivity index (χ2v) is 6.10. The van der Waals surface area contributed by atoms with E-state index in [9.17, 15) is 26.4 Å². The van der Waals surface area contributed by atoms with Crippen molar-refractivity contribution in [1.82, 2.24) is 5.32 Å². The van der Waals surface area contributed by atoms with Gasteiger partial charge in [-0.1, -0.05) is 11.6 Å². The fourth-order valence-electron chi connectivity index (χ4n) is 1.46. The summed E-state index contributed by atoms with van der Waals surface area (Å²) in [6.07, 6.45) is -5.58. The summed E-state index contributed by atoms with van der Waals surface area (Å²) in [6, 6.07) is 3.39. The second kappa shape index (κ2) is 6.63. The third-order valence-electron chi connectivity index (χ3n) is 2.42. The average molecular weight is 345 g/mol. The van der Waals surface area contributed by atoms with Crippen LogP contribution in [0.25, 0.3) is 0 Å². The molecule has 1 rings (SSSR count). The molecule has 0 heterocycles. The summed E-state index contributed by atoms with van der Waals surface area (Å²) < 4.78 is 58.2. The normalized spacial score (nSPS) is 12.2. The largest absolute Gasteiger partial charge is 0.389 e. The summed E-state index contributed by atoms with van der Waals surface area (Å²) in [5.74, 6) is -0.709. The number of carbonyl (C=O) groups is 1. The van der Waals surface area contributed by atoms with Crippen LogP contribution in [0.2, 0.25) is 5.02 Å². The molecule has 0 radical (unpaired) electrons. The molecule has 0 saturated heterocycles. The average Bonchev–Trinajstić information content (AvgIpc) is 2.32. The minimum absolute atomic E-state index is 0.0598. The zero-order chi connectivity index (χ0) is 16.3. The second-order valence-electron chi connectivity index (χ2n) is 4.16. The van der Waals surface area contributed by atoms with E-state index in [0.717, 1.165) is 6.07 Å². The zero-order valence-corrected chi connectivity index (χ0v) is 12.1. The molecule has 0 spiro atoms. The van der Waals surface area contributed by atoms with E-state index < -0.39 is 33.4 Å². The van der Waals surface area contributed by atoms with E-state index in [0.29, 0.717) is 0 Å². The van der Waals surface area contributed by atoms with Crippen LogP contribution in [0.1, 0.15) is 23.2 Å². The van der Waals surface area contributed by atoms with Gasteiger partial charge in [-0.05, 0) is 24.6 Å². The standard InChI is InChI=1S/C11H12ClF3N2O3S/c12-8-3-2-7(6-9(8)21(16,19)20)10(18)17-5-1-4-11(13,14)15/h2-3,6H,1,4-5H2,(H,17,18)(H2,16,19,20). The summed E-state index contributed by atoms with van der Waals surface area (Å²) in [5.41, 5.74) is -0.0598. The molecule has 0 aliphatic carbocycles. The Hall–Kier alpha value is -1.32. The number of amides is 1. The molecular formula is C11H12ClF3N2O3S. The van der Waals surface area contributed by atoms with Gasteiger partial charge in [-0.3, -0.25) is 4.79 Å². The van der Waals surface area contributed by atoms with Gasteiger partial charge in [0.2, 0.25) is 10.0 Å². The van der Waals surface area contributed by atoms with Crippen LogP contribution in [-0.4, -0.2) is 27.0 Å². The van der Waals surface area contributed by atoms with Crippen LogP contribution >= 0.6 is 11.6 Å². The van der Waals surface area contributed by atoms with Crippen molar-refractivity contribution in [2.45, 2.75) is 23.9 Å². The van der Waals surface area contributed by atoms with Crippen LogP contribution in [0, 0.1) is 0 Å². The summed E-state index contributed by atoms with van der Waals surface area (Å²) in [6.45, 7) is -0.189. The van der Waals surface area contributed by atoms with E-state index in [-0.39, 0.29) is 23.6 Å². The summed E-state index contributed by atoms with van der Waals surface area (Å²) in [4.78, 5) is 11.3. The first-order valence-corrected chi connectivity index (χ1v) is 7.60. The molecule has 0 aliphatic rings. The number of nitrogens with two attached hydrogens (primary N) is 1. The number of benzene rings is 1. The summed E-state index contributed by atoms with van der Waals surface area (Å²) >= 11 is 5.65. The van der Waals surface area contributed by atoms with E-state index in [2.05, 4.69) is 5.32 Å². The van der Waals surface area contributed by atoms with E-state index in [1.807, 2.05) is 0 Å². The Labute approximate surface area is 124 Å². The molecule has 118 valence electrons. The number of sulfonamides is 1. The van der Waals surface area contributed by atoms with Crippen molar-refractivity contribution in [1.29, 1.82) is 0 Å². The lowest BCUT2D eigenvalue weighted by Crippen LogP contribution is -2.26. The molecule has 0 bridgehead atoms. The van der Waals surface area contributed by atoms with Crippen molar-refractivity contribution < 1.29 is 26.4 Å². The molecule has 0 atom stereocenters. The minimum atomic E-state index is -4.29. The van der Waals surface area contributed by atoms with Gasteiger partial charge in [-0.25, -0.2) is 13.6 Å². The van der Waals surface area contributed by atoms with Crippen LogP contribution in [0.3, 0.4) is 0 Å². The Morgan fingerprint density at radius 1 is 1.33 bits per heavy atom. The first-order valence-electron chi connectivity index (χ1n) is 5.68. The smallest absolute Gasteiger partial charge is 0.352 e. The van der Waals surface area contributed by atoms with Gasteiger partial charge in [0.15, 0.2) is 0 Å². The monoisotopic (exact) mass is 344 g/mol. The molecule has 10 heteroatoms. The highest BCUT2D eigenvalue weighted by atomic mass is 35.5. The Morgan fingerprint density at radius 2 is 1.95 bits per heavy atom. The van der Waals surface area contributed by atoms with Gasteiger partial charge in [-0.2, -0.15) is 13.2 Å². The number of hydrogen-bond donors (Lipinski definition) is 2. The van der Waals surface area contributed by atoms with Gasteiger partial charge in [0.05, 0.1) is 5.02 Å². The van der Waals surface area contributed by atoms with Crippen molar-refractivity contribution in [3.05, 3.63) is 28.8 Å². The fraction of sp³-hybridized carbons (Fsp3) is 0.364. The van der Waals surface area contributed by atoms with Crippen molar-refractivity contribution >= 4 is 27.5 Å². The molecular weight excluding hydrogens is 333 g/mol. The quantitative estimate of drug-likeness (QED) is 0.801. The number of rotatable bonds is 5. The predicted molar refractivity (Wildman–Crippen MR) is 70.4 cm³/mol. The van der Waals surface area contributed by atoms with Crippen molar-refractivity contribution in [2.75, 3.05) is 6.54 Å². The fourth-order valence-corrected chi connectivity index (χ4v) is 2.53. The molecule has 3 N–H and O–H groups in total. The number of nitrogens with one attached hydrogen (secondary N) is 1. The van der Waals surface area contributed by atoms with E-state index >= 15 is 0 Å². The van der Waals surface area contributed by atoms with Crippen LogP contribution in [0.4, 0.5) is 13.2 Å². The third kappa shape index (κ3) is 5.90. The van der Waals surface area contributed by atoms with Gasteiger partial charge in [-0.15, -0.1) is 0 Å². The molecule has 0 unspecified atom stereocenters. The molecule has 5 nitrogen and oxygen atoms in total. The third-order valence-corrected chi connectivity index (χ3v) is 3.81. The highest BCUT2D eigenvalue weighted by Gasteiger charge is 2.26.